The molecule has 220 valence electrons. The van der Waals surface area contributed by atoms with Crippen LogP contribution in [0.2, 0.25) is 0 Å². The van der Waals surface area contributed by atoms with Crippen LogP contribution >= 0.6 is 0 Å². The summed E-state index contributed by atoms with van der Waals surface area (Å²) in [6.45, 7) is 4.23. The molecule has 2 aromatic heterocycles. The predicted molar refractivity (Wildman–Crippen MR) is 166 cm³/mol. The topological polar surface area (TPSA) is 66.3 Å². The van der Waals surface area contributed by atoms with E-state index in [2.05, 4.69) is 62.7 Å². The number of anilines is 1. The molecule has 7 heteroatoms. The first-order valence-corrected chi connectivity index (χ1v) is 16.3. The third-order valence-corrected chi connectivity index (χ3v) is 9.81. The summed E-state index contributed by atoms with van der Waals surface area (Å²) in [5.41, 5.74) is 2.57. The zero-order chi connectivity index (χ0) is 28.0. The minimum absolute atomic E-state index is 0.0687. The Morgan fingerprint density at radius 1 is 0.878 bits per heavy atom. The quantitative estimate of drug-likeness (QED) is 0.322. The first-order valence-electron chi connectivity index (χ1n) is 16.3. The van der Waals surface area contributed by atoms with Crippen molar-refractivity contribution in [3.8, 4) is 0 Å². The maximum absolute atomic E-state index is 13.4. The van der Waals surface area contributed by atoms with Gasteiger partial charge in [0.05, 0.1) is 5.39 Å². The second-order valence-corrected chi connectivity index (χ2v) is 12.8. The maximum atomic E-state index is 13.4. The molecule has 1 amide bonds. The molecule has 1 saturated heterocycles. The molecular weight excluding hydrogens is 508 g/mol. The number of pyridine rings is 1. The fraction of sp³-hybridized carbons (Fsp3) is 0.618. The zero-order valence-electron chi connectivity index (χ0n) is 24.9. The van der Waals surface area contributed by atoms with Crippen LogP contribution in [0.1, 0.15) is 99.5 Å². The van der Waals surface area contributed by atoms with Crippen molar-refractivity contribution in [2.24, 2.45) is 13.0 Å². The van der Waals surface area contributed by atoms with Gasteiger partial charge in [0.1, 0.15) is 5.82 Å². The summed E-state index contributed by atoms with van der Waals surface area (Å²) in [5.74, 6) is 1.78. The molecule has 1 aliphatic heterocycles. The molecule has 2 saturated carbocycles. The number of piperidine rings is 1. The Kier molecular flexibility index (Phi) is 9.19. The van der Waals surface area contributed by atoms with E-state index < -0.39 is 0 Å². The Hall–Kier alpha value is -2.93. The van der Waals surface area contributed by atoms with Gasteiger partial charge >= 0.3 is 0 Å². The minimum Gasteiger partial charge on any atom is -0.349 e. The van der Waals surface area contributed by atoms with Crippen LogP contribution in [0.4, 0.5) is 5.82 Å². The highest BCUT2D eigenvalue weighted by Gasteiger charge is 2.27. The first-order chi connectivity index (χ1) is 20.1. The van der Waals surface area contributed by atoms with Crippen molar-refractivity contribution in [3.05, 3.63) is 53.7 Å². The van der Waals surface area contributed by atoms with Gasteiger partial charge in [0.2, 0.25) is 0 Å². The molecular formula is C34H48N6O. The first kappa shape index (κ1) is 28.2. The van der Waals surface area contributed by atoms with Crippen LogP contribution in [0.3, 0.4) is 0 Å². The number of nitrogens with zero attached hydrogens (tertiary/aromatic N) is 5. The molecule has 0 bridgehead atoms. The van der Waals surface area contributed by atoms with Crippen LogP contribution < -0.4 is 10.2 Å². The van der Waals surface area contributed by atoms with Gasteiger partial charge in [-0.15, -0.1) is 0 Å². The molecule has 1 N–H and O–H groups in total. The van der Waals surface area contributed by atoms with Crippen molar-refractivity contribution in [2.75, 3.05) is 24.5 Å². The van der Waals surface area contributed by atoms with Gasteiger partial charge in [-0.1, -0.05) is 75.3 Å². The Bertz CT molecular complexity index is 1270. The summed E-state index contributed by atoms with van der Waals surface area (Å²) in [6.07, 6.45) is 16.6. The molecule has 1 aromatic carbocycles. The second kappa shape index (κ2) is 13.4. The maximum Gasteiger partial charge on any atom is 0.272 e. The number of fused-ring (bicyclic) bond motifs is 1. The van der Waals surface area contributed by atoms with E-state index in [1.807, 2.05) is 7.05 Å². The number of benzene rings is 1. The van der Waals surface area contributed by atoms with E-state index >= 15 is 0 Å². The number of amides is 1. The number of carbonyl (C=O) groups is 1. The third kappa shape index (κ3) is 6.94. The summed E-state index contributed by atoms with van der Waals surface area (Å²) in [6, 6.07) is 15.6. The molecule has 0 spiro atoms. The average molecular weight is 557 g/mol. The lowest BCUT2D eigenvalue weighted by Gasteiger charge is -2.35. The Balaban J connectivity index is 1.14. The number of carbonyl (C=O) groups excluding carboxylic acids is 1. The van der Waals surface area contributed by atoms with E-state index in [0.717, 1.165) is 55.2 Å². The molecule has 3 fully saturated rings. The van der Waals surface area contributed by atoms with E-state index in [9.17, 15) is 4.79 Å². The molecule has 3 heterocycles. The predicted octanol–water partition coefficient (Wildman–Crippen LogP) is 6.47. The molecule has 0 unspecified atom stereocenters. The summed E-state index contributed by atoms with van der Waals surface area (Å²) < 4.78 is 1.79. The monoisotopic (exact) mass is 556 g/mol. The minimum atomic E-state index is -0.0687. The van der Waals surface area contributed by atoms with Gasteiger partial charge < -0.3 is 15.1 Å². The van der Waals surface area contributed by atoms with E-state index in [-0.39, 0.29) is 11.9 Å². The third-order valence-electron chi connectivity index (χ3n) is 9.81. The Morgan fingerprint density at radius 3 is 2.29 bits per heavy atom. The number of likely N-dealkylation sites (tertiary alicyclic amines) is 1. The van der Waals surface area contributed by atoms with Crippen molar-refractivity contribution in [1.29, 1.82) is 0 Å². The van der Waals surface area contributed by atoms with Gasteiger partial charge in [-0.3, -0.25) is 4.79 Å². The second-order valence-electron chi connectivity index (χ2n) is 12.8. The van der Waals surface area contributed by atoms with Crippen molar-refractivity contribution in [2.45, 2.75) is 102 Å². The Labute approximate surface area is 245 Å². The van der Waals surface area contributed by atoms with Crippen molar-refractivity contribution < 1.29 is 4.79 Å². The number of aromatic nitrogens is 3. The van der Waals surface area contributed by atoms with Gasteiger partial charge in [0.15, 0.2) is 11.3 Å². The summed E-state index contributed by atoms with van der Waals surface area (Å²) in [7, 11) is 1.91. The van der Waals surface area contributed by atoms with E-state index in [1.165, 1.54) is 82.7 Å². The number of nitrogens with one attached hydrogen (secondary N) is 1. The van der Waals surface area contributed by atoms with Crippen LogP contribution in [0.5, 0.6) is 0 Å². The SMILES string of the molecule is Cn1nc(C(=O)NC2CCN(CC3CCCCC3)CC2)c2ccc(N(Cc3ccccc3)C3CCCCCC3)nc21. The highest BCUT2D eigenvalue weighted by molar-refractivity contribution is 6.04. The highest BCUT2D eigenvalue weighted by atomic mass is 16.2. The lowest BCUT2D eigenvalue weighted by Crippen LogP contribution is -2.46. The Morgan fingerprint density at radius 2 is 1.56 bits per heavy atom. The molecule has 41 heavy (non-hydrogen) atoms. The van der Waals surface area contributed by atoms with E-state index in [4.69, 9.17) is 4.98 Å². The van der Waals surface area contributed by atoms with Gasteiger partial charge in [0.25, 0.3) is 5.91 Å². The molecule has 0 radical (unpaired) electrons. The van der Waals surface area contributed by atoms with Crippen molar-refractivity contribution >= 4 is 22.8 Å². The van der Waals surface area contributed by atoms with Crippen LogP contribution in [0, 0.1) is 5.92 Å². The number of hydrogen-bond donors (Lipinski definition) is 1. The van der Waals surface area contributed by atoms with Crippen LogP contribution in [0.15, 0.2) is 42.5 Å². The fourth-order valence-electron chi connectivity index (χ4n) is 7.44. The van der Waals surface area contributed by atoms with Crippen LogP contribution in [-0.4, -0.2) is 57.3 Å². The molecule has 0 atom stereocenters. The summed E-state index contributed by atoms with van der Waals surface area (Å²) in [5, 5.41) is 8.82. The average Bonchev–Trinajstić information content (AvgIpc) is 3.15. The van der Waals surface area contributed by atoms with Gasteiger partial charge in [-0.2, -0.15) is 5.10 Å². The molecule has 3 aromatic rings. The summed E-state index contributed by atoms with van der Waals surface area (Å²) in [4.78, 5) is 23.7. The highest BCUT2D eigenvalue weighted by Crippen LogP contribution is 2.30. The smallest absolute Gasteiger partial charge is 0.272 e. The molecule has 6 rings (SSSR count). The lowest BCUT2D eigenvalue weighted by atomic mass is 9.88. The number of hydrogen-bond acceptors (Lipinski definition) is 5. The normalized spacial score (nSPS) is 20.2. The molecule has 2 aliphatic carbocycles. The van der Waals surface area contributed by atoms with Gasteiger partial charge in [-0.25, -0.2) is 9.67 Å². The number of rotatable bonds is 8. The summed E-state index contributed by atoms with van der Waals surface area (Å²) >= 11 is 0. The standard InChI is InChI=1S/C34H48N6O/c1-38-33-30(32(37-38)34(41)35-28-20-22-39(23-21-28)24-26-12-6-4-7-13-26)18-19-31(36-33)40(25-27-14-8-5-9-15-27)29-16-10-2-3-11-17-29/h5,8-9,14-15,18-19,26,28-29H,2-4,6-7,10-13,16-17,20-25H2,1H3,(H,35,41). The zero-order valence-corrected chi connectivity index (χ0v) is 24.9. The van der Waals surface area contributed by atoms with Gasteiger partial charge in [-0.05, 0) is 62.1 Å². The number of aryl methyl sites for hydroxylation is 1. The van der Waals surface area contributed by atoms with E-state index in [1.54, 1.807) is 4.68 Å². The van der Waals surface area contributed by atoms with Crippen molar-refractivity contribution in [1.82, 2.24) is 25.0 Å². The van der Waals surface area contributed by atoms with Crippen molar-refractivity contribution in [3.63, 3.8) is 0 Å². The van der Waals surface area contributed by atoms with Crippen LogP contribution in [0.25, 0.3) is 11.0 Å². The largest absolute Gasteiger partial charge is 0.349 e. The van der Waals surface area contributed by atoms with E-state index in [0.29, 0.717) is 11.7 Å². The molecule has 7 nitrogen and oxygen atoms in total. The molecule has 3 aliphatic rings. The van der Waals surface area contributed by atoms with Crippen LogP contribution in [-0.2, 0) is 13.6 Å². The lowest BCUT2D eigenvalue weighted by molar-refractivity contribution is 0.0897. The fourth-order valence-corrected chi connectivity index (χ4v) is 7.44. The van der Waals surface area contributed by atoms with Gasteiger partial charge in [0, 0.05) is 45.3 Å².